The number of halogens is 1. The number of benzene rings is 1. The number of anilines is 2. The molecular weight excluding hydrogens is 385 g/mol. The Labute approximate surface area is 163 Å². The van der Waals surface area contributed by atoms with Crippen LogP contribution in [0.25, 0.3) is 11.2 Å². The van der Waals surface area contributed by atoms with Gasteiger partial charge in [-0.1, -0.05) is 12.1 Å². The Kier molecular flexibility index (Phi) is 5.07. The molecule has 152 valence electrons. The minimum atomic E-state index is -1.30. The van der Waals surface area contributed by atoms with Crippen molar-refractivity contribution in [2.24, 2.45) is 5.10 Å². The number of hydrogen-bond donors (Lipinski definition) is 5. The number of nitrogens with zero attached hydrogens (tertiary/aromatic N) is 5. The zero-order chi connectivity index (χ0) is 20.5. The lowest BCUT2D eigenvalue weighted by atomic mass is 10.1. The minimum Gasteiger partial charge on any atom is -0.394 e. The van der Waals surface area contributed by atoms with Gasteiger partial charge in [-0.2, -0.15) is 15.1 Å². The Hall–Kier alpha value is -3.19. The maximum absolute atomic E-state index is 13.2. The maximum Gasteiger partial charge on any atom is 0.247 e. The zero-order valence-corrected chi connectivity index (χ0v) is 14.9. The highest BCUT2D eigenvalue weighted by Gasteiger charge is 2.44. The lowest BCUT2D eigenvalue weighted by Gasteiger charge is -2.16. The van der Waals surface area contributed by atoms with Crippen LogP contribution in [-0.4, -0.2) is 66.0 Å². The van der Waals surface area contributed by atoms with Crippen LogP contribution in [0.5, 0.6) is 0 Å². The summed E-state index contributed by atoms with van der Waals surface area (Å²) >= 11 is 0. The molecule has 0 radical (unpaired) electrons. The second-order valence-corrected chi connectivity index (χ2v) is 6.41. The first kappa shape index (κ1) is 19.1. The Bertz CT molecular complexity index is 1060. The third kappa shape index (κ3) is 3.61. The molecule has 4 rings (SSSR count). The fourth-order valence-electron chi connectivity index (χ4n) is 3.04. The van der Waals surface area contributed by atoms with E-state index >= 15 is 0 Å². The molecular formula is C17H18FN7O4. The third-order valence-corrected chi connectivity index (χ3v) is 4.47. The molecule has 2 aromatic heterocycles. The SMILES string of the molecule is Nc1nc(N/N=C/c2cccc(F)c2)nc2c1ncn2[C@@H]1O[C@H](CO)[C@@H](O)[C@H]1O. The predicted octanol–water partition coefficient (Wildman–Crippen LogP) is -0.395. The van der Waals surface area contributed by atoms with Gasteiger partial charge in [0.2, 0.25) is 5.95 Å². The summed E-state index contributed by atoms with van der Waals surface area (Å²) in [5.74, 6) is -0.293. The average molecular weight is 403 g/mol. The summed E-state index contributed by atoms with van der Waals surface area (Å²) in [4.78, 5) is 12.5. The normalized spacial score (nSPS) is 24.6. The van der Waals surface area contributed by atoms with Crippen LogP contribution in [0.1, 0.15) is 11.8 Å². The number of aliphatic hydroxyl groups is 3. The Morgan fingerprint density at radius 1 is 1.31 bits per heavy atom. The quantitative estimate of drug-likeness (QED) is 0.282. The van der Waals surface area contributed by atoms with E-state index < -0.39 is 37.0 Å². The molecule has 0 aliphatic carbocycles. The van der Waals surface area contributed by atoms with E-state index in [-0.39, 0.29) is 22.9 Å². The van der Waals surface area contributed by atoms with Gasteiger partial charge >= 0.3 is 0 Å². The standard InChI is InChI=1S/C17H18FN7O4/c18-9-3-1-2-8(4-9)5-21-24-17-22-14(19)11-15(23-17)25(7-20-11)16-13(28)12(27)10(6-26)29-16/h1-5,7,10,12-13,16,26-28H,6H2,(H3,19,22,23,24)/b21-5+/t10-,12-,13-,16-/m1/s1. The van der Waals surface area contributed by atoms with E-state index in [0.717, 1.165) is 0 Å². The molecule has 1 saturated heterocycles. The van der Waals surface area contributed by atoms with Crippen LogP contribution in [0, 0.1) is 5.82 Å². The molecule has 0 bridgehead atoms. The van der Waals surface area contributed by atoms with Crippen molar-refractivity contribution >= 4 is 29.1 Å². The van der Waals surface area contributed by atoms with Gasteiger partial charge in [0.25, 0.3) is 0 Å². The Morgan fingerprint density at radius 2 is 2.14 bits per heavy atom. The first-order chi connectivity index (χ1) is 14.0. The number of hydrogen-bond acceptors (Lipinski definition) is 10. The Balaban J connectivity index is 1.62. The number of fused-ring (bicyclic) bond motifs is 1. The lowest BCUT2D eigenvalue weighted by molar-refractivity contribution is -0.0511. The molecule has 1 aromatic carbocycles. The van der Waals surface area contributed by atoms with Crippen LogP contribution in [0.15, 0.2) is 35.7 Å². The molecule has 1 fully saturated rings. The Morgan fingerprint density at radius 3 is 2.86 bits per heavy atom. The van der Waals surface area contributed by atoms with Gasteiger partial charge in [0.1, 0.15) is 29.6 Å². The molecule has 12 heteroatoms. The maximum atomic E-state index is 13.2. The van der Waals surface area contributed by atoms with Crippen LogP contribution in [-0.2, 0) is 4.74 Å². The van der Waals surface area contributed by atoms with Gasteiger partial charge in [0.15, 0.2) is 17.7 Å². The highest BCUT2D eigenvalue weighted by Crippen LogP contribution is 2.32. The van der Waals surface area contributed by atoms with Crippen LogP contribution in [0.2, 0.25) is 0 Å². The fraction of sp³-hybridized carbons (Fsp3) is 0.294. The van der Waals surface area contributed by atoms with E-state index in [1.807, 2.05) is 0 Å². The molecule has 1 aliphatic rings. The summed E-state index contributed by atoms with van der Waals surface area (Å²) in [6.45, 7) is -0.458. The summed E-state index contributed by atoms with van der Waals surface area (Å²) in [5.41, 5.74) is 9.56. The molecule has 0 amide bonds. The van der Waals surface area contributed by atoms with Crippen molar-refractivity contribution in [1.29, 1.82) is 0 Å². The van der Waals surface area contributed by atoms with Crippen molar-refractivity contribution in [3.8, 4) is 0 Å². The number of nitrogen functional groups attached to an aromatic ring is 1. The fourth-order valence-corrected chi connectivity index (χ4v) is 3.04. The van der Waals surface area contributed by atoms with E-state index in [9.17, 15) is 19.7 Å². The number of hydrazone groups is 1. The first-order valence-electron chi connectivity index (χ1n) is 8.65. The van der Waals surface area contributed by atoms with E-state index in [1.54, 1.807) is 12.1 Å². The first-order valence-corrected chi connectivity index (χ1v) is 8.65. The van der Waals surface area contributed by atoms with Crippen molar-refractivity contribution in [2.75, 3.05) is 17.8 Å². The summed E-state index contributed by atoms with van der Waals surface area (Å²) in [5, 5.41) is 33.4. The molecule has 1 aliphatic heterocycles. The number of nitrogens with two attached hydrogens (primary N) is 1. The average Bonchev–Trinajstić information content (AvgIpc) is 3.24. The van der Waals surface area contributed by atoms with Gasteiger partial charge in [-0.25, -0.2) is 14.8 Å². The van der Waals surface area contributed by atoms with Crippen molar-refractivity contribution in [3.63, 3.8) is 0 Å². The van der Waals surface area contributed by atoms with Crippen LogP contribution >= 0.6 is 0 Å². The summed E-state index contributed by atoms with van der Waals surface area (Å²) in [6, 6.07) is 5.85. The minimum absolute atomic E-state index is 0.0381. The lowest BCUT2D eigenvalue weighted by Crippen LogP contribution is -2.33. The van der Waals surface area contributed by atoms with Crippen LogP contribution < -0.4 is 11.2 Å². The van der Waals surface area contributed by atoms with Gasteiger partial charge < -0.3 is 25.8 Å². The molecule has 0 unspecified atom stereocenters. The van der Waals surface area contributed by atoms with E-state index in [4.69, 9.17) is 10.5 Å². The summed E-state index contributed by atoms with van der Waals surface area (Å²) in [7, 11) is 0. The molecule has 11 nitrogen and oxygen atoms in total. The number of rotatable bonds is 5. The summed E-state index contributed by atoms with van der Waals surface area (Å²) < 4.78 is 20.1. The van der Waals surface area contributed by atoms with Gasteiger partial charge in [-0.3, -0.25) is 4.57 Å². The number of aromatic nitrogens is 4. The smallest absolute Gasteiger partial charge is 0.247 e. The number of aliphatic hydroxyl groups excluding tert-OH is 3. The molecule has 6 N–H and O–H groups in total. The monoisotopic (exact) mass is 403 g/mol. The molecule has 3 heterocycles. The zero-order valence-electron chi connectivity index (χ0n) is 14.9. The van der Waals surface area contributed by atoms with E-state index in [2.05, 4.69) is 25.5 Å². The molecule has 29 heavy (non-hydrogen) atoms. The van der Waals surface area contributed by atoms with Crippen molar-refractivity contribution < 1.29 is 24.4 Å². The number of ether oxygens (including phenoxy) is 1. The van der Waals surface area contributed by atoms with Gasteiger partial charge in [-0.15, -0.1) is 0 Å². The predicted molar refractivity (Wildman–Crippen MR) is 100 cm³/mol. The molecule has 3 aromatic rings. The highest BCUT2D eigenvalue weighted by molar-refractivity contribution is 5.83. The van der Waals surface area contributed by atoms with Crippen LogP contribution in [0.3, 0.4) is 0 Å². The summed E-state index contributed by atoms with van der Waals surface area (Å²) in [6.07, 6.45) is -1.81. The van der Waals surface area contributed by atoms with Crippen molar-refractivity contribution in [3.05, 3.63) is 42.0 Å². The highest BCUT2D eigenvalue weighted by atomic mass is 19.1. The van der Waals surface area contributed by atoms with E-state index in [1.165, 1.54) is 29.2 Å². The van der Waals surface area contributed by atoms with E-state index in [0.29, 0.717) is 5.56 Å². The van der Waals surface area contributed by atoms with Gasteiger partial charge in [0.05, 0.1) is 19.1 Å². The number of nitrogens with one attached hydrogen (secondary N) is 1. The molecule has 0 saturated carbocycles. The molecule has 0 spiro atoms. The second-order valence-electron chi connectivity index (χ2n) is 6.41. The molecule has 4 atom stereocenters. The van der Waals surface area contributed by atoms with Crippen molar-refractivity contribution in [1.82, 2.24) is 19.5 Å². The topological polar surface area (TPSA) is 164 Å². The largest absolute Gasteiger partial charge is 0.394 e. The van der Waals surface area contributed by atoms with Gasteiger partial charge in [-0.05, 0) is 17.7 Å². The van der Waals surface area contributed by atoms with Gasteiger partial charge in [0, 0.05) is 0 Å². The van der Waals surface area contributed by atoms with Crippen molar-refractivity contribution in [2.45, 2.75) is 24.5 Å². The third-order valence-electron chi connectivity index (χ3n) is 4.47. The van der Waals surface area contributed by atoms with Crippen LogP contribution in [0.4, 0.5) is 16.2 Å². The number of imidazole rings is 1. The second kappa shape index (κ2) is 7.67.